The maximum Gasteiger partial charge on any atom is 0.272 e. The third-order valence-corrected chi connectivity index (χ3v) is 4.50. The number of furan rings is 1. The van der Waals surface area contributed by atoms with Gasteiger partial charge in [0.1, 0.15) is 6.26 Å². The fourth-order valence-corrected chi connectivity index (χ4v) is 3.09. The van der Waals surface area contributed by atoms with Crippen LogP contribution in [-0.2, 0) is 19.5 Å². The van der Waals surface area contributed by atoms with Gasteiger partial charge in [-0.05, 0) is 11.6 Å². The number of nitrogens with one attached hydrogen (secondary N) is 2. The number of aromatic nitrogens is 2. The molecule has 1 aliphatic heterocycles. The summed E-state index contributed by atoms with van der Waals surface area (Å²) >= 11 is 0. The van der Waals surface area contributed by atoms with Crippen molar-refractivity contribution in [2.45, 2.75) is 19.5 Å². The van der Waals surface area contributed by atoms with Crippen LogP contribution in [-0.4, -0.2) is 33.5 Å². The molecule has 26 heavy (non-hydrogen) atoms. The van der Waals surface area contributed by atoms with Gasteiger partial charge in [0.05, 0.1) is 18.4 Å². The average molecular weight is 350 g/mol. The van der Waals surface area contributed by atoms with Gasteiger partial charge in [0.2, 0.25) is 0 Å². The molecule has 0 fully saturated rings. The van der Waals surface area contributed by atoms with E-state index in [9.17, 15) is 9.59 Å². The molecule has 0 unspecified atom stereocenters. The lowest BCUT2D eigenvalue weighted by atomic mass is 10.0. The molecule has 0 saturated carbocycles. The number of hydrogen-bond donors (Lipinski definition) is 2. The molecule has 0 aliphatic carbocycles. The summed E-state index contributed by atoms with van der Waals surface area (Å²) in [5.74, 6) is -0.356. The van der Waals surface area contributed by atoms with Crippen LogP contribution in [0.25, 0.3) is 0 Å². The van der Waals surface area contributed by atoms with E-state index in [0.717, 1.165) is 16.8 Å². The van der Waals surface area contributed by atoms with E-state index in [1.165, 1.54) is 12.5 Å². The van der Waals surface area contributed by atoms with Crippen LogP contribution in [0.2, 0.25) is 0 Å². The summed E-state index contributed by atoms with van der Waals surface area (Å²) in [5.41, 5.74) is 3.56. The molecule has 7 heteroatoms. The Labute approximate surface area is 150 Å². The van der Waals surface area contributed by atoms with E-state index in [4.69, 9.17) is 4.42 Å². The molecule has 2 aromatic heterocycles. The summed E-state index contributed by atoms with van der Waals surface area (Å²) < 4.78 is 4.99. The number of rotatable bonds is 4. The first kappa shape index (κ1) is 16.1. The predicted octanol–water partition coefficient (Wildman–Crippen LogP) is 2.13. The second kappa shape index (κ2) is 6.87. The van der Waals surface area contributed by atoms with Gasteiger partial charge < -0.3 is 14.6 Å². The van der Waals surface area contributed by atoms with Crippen molar-refractivity contribution in [3.63, 3.8) is 0 Å². The highest BCUT2D eigenvalue weighted by Crippen LogP contribution is 2.22. The highest BCUT2D eigenvalue weighted by atomic mass is 16.3. The summed E-state index contributed by atoms with van der Waals surface area (Å²) in [4.78, 5) is 26.8. The Morgan fingerprint density at radius 3 is 2.85 bits per heavy atom. The second-order valence-electron chi connectivity index (χ2n) is 6.19. The minimum Gasteiger partial charge on any atom is -0.472 e. The summed E-state index contributed by atoms with van der Waals surface area (Å²) in [6, 6.07) is 11.3. The zero-order chi connectivity index (χ0) is 17.9. The molecule has 0 radical (unpaired) electrons. The number of nitrogens with zero attached hydrogens (tertiary/aromatic N) is 2. The van der Waals surface area contributed by atoms with Crippen LogP contribution in [0.15, 0.2) is 53.3 Å². The smallest absolute Gasteiger partial charge is 0.272 e. The van der Waals surface area contributed by atoms with E-state index < -0.39 is 0 Å². The number of amides is 2. The summed E-state index contributed by atoms with van der Waals surface area (Å²) in [6.07, 6.45) is 3.54. The largest absolute Gasteiger partial charge is 0.472 e. The van der Waals surface area contributed by atoms with Crippen molar-refractivity contribution >= 4 is 11.8 Å². The first-order chi connectivity index (χ1) is 12.7. The molecule has 0 spiro atoms. The summed E-state index contributed by atoms with van der Waals surface area (Å²) in [7, 11) is 0. The van der Waals surface area contributed by atoms with Crippen molar-refractivity contribution < 1.29 is 14.0 Å². The molecule has 0 bridgehead atoms. The molecule has 1 aromatic carbocycles. The lowest BCUT2D eigenvalue weighted by Crippen LogP contribution is -2.36. The van der Waals surface area contributed by atoms with Gasteiger partial charge in [-0.2, -0.15) is 5.10 Å². The van der Waals surface area contributed by atoms with Crippen LogP contribution in [0.3, 0.4) is 0 Å². The maximum atomic E-state index is 12.5. The molecule has 0 atom stereocenters. The van der Waals surface area contributed by atoms with E-state index in [0.29, 0.717) is 37.3 Å². The molecule has 2 N–H and O–H groups in total. The fourth-order valence-electron chi connectivity index (χ4n) is 3.09. The molecular formula is C19H18N4O3. The fraction of sp³-hybridized carbons (Fsp3) is 0.211. The topological polar surface area (TPSA) is 91.2 Å². The van der Waals surface area contributed by atoms with Crippen molar-refractivity contribution in [1.29, 1.82) is 0 Å². The van der Waals surface area contributed by atoms with Crippen molar-refractivity contribution in [2.24, 2.45) is 0 Å². The van der Waals surface area contributed by atoms with Crippen molar-refractivity contribution in [3.05, 3.63) is 77.0 Å². The molecule has 3 heterocycles. The second-order valence-corrected chi connectivity index (χ2v) is 6.19. The maximum absolute atomic E-state index is 12.5. The minimum absolute atomic E-state index is 0.110. The van der Waals surface area contributed by atoms with Crippen molar-refractivity contribution in [3.8, 4) is 0 Å². The van der Waals surface area contributed by atoms with E-state index >= 15 is 0 Å². The lowest BCUT2D eigenvalue weighted by molar-refractivity contribution is 0.0730. The number of hydrogen-bond acceptors (Lipinski definition) is 4. The number of H-pyrrole nitrogens is 1. The van der Waals surface area contributed by atoms with Crippen LogP contribution in [0, 0.1) is 0 Å². The van der Waals surface area contributed by atoms with Crippen LogP contribution in [0.5, 0.6) is 0 Å². The van der Waals surface area contributed by atoms with E-state index in [2.05, 4.69) is 15.5 Å². The molecule has 0 saturated heterocycles. The molecule has 4 rings (SSSR count). The molecule has 2 amide bonds. The van der Waals surface area contributed by atoms with Gasteiger partial charge in [0, 0.05) is 30.8 Å². The SMILES string of the molecule is O=C(NCc1ccccc1)c1n[nH]c2c1CN(C(=O)c1ccoc1)CC2. The standard InChI is InChI=1S/C19H18N4O3/c24-18(20-10-13-4-2-1-3-5-13)17-15-11-23(8-6-16(15)21-22-17)19(25)14-7-9-26-12-14/h1-5,7,9,12H,6,8,10-11H2,(H,20,24)(H,21,22). The molecule has 132 valence electrons. The number of fused-ring (bicyclic) bond motifs is 1. The molecular weight excluding hydrogens is 332 g/mol. The van der Waals surface area contributed by atoms with E-state index in [1.54, 1.807) is 11.0 Å². The highest BCUT2D eigenvalue weighted by Gasteiger charge is 2.28. The van der Waals surface area contributed by atoms with Gasteiger partial charge >= 0.3 is 0 Å². The van der Waals surface area contributed by atoms with Gasteiger partial charge in [-0.15, -0.1) is 0 Å². The number of carbonyl (C=O) groups is 2. The number of benzene rings is 1. The predicted molar refractivity (Wildman–Crippen MR) is 93.4 cm³/mol. The quantitative estimate of drug-likeness (QED) is 0.754. The molecule has 7 nitrogen and oxygen atoms in total. The third kappa shape index (κ3) is 3.11. The van der Waals surface area contributed by atoms with Gasteiger partial charge in [0.15, 0.2) is 5.69 Å². The summed E-state index contributed by atoms with van der Waals surface area (Å²) in [6.45, 7) is 1.35. The Bertz CT molecular complexity index is 916. The third-order valence-electron chi connectivity index (χ3n) is 4.50. The zero-order valence-corrected chi connectivity index (χ0v) is 14.1. The Morgan fingerprint density at radius 1 is 1.23 bits per heavy atom. The van der Waals surface area contributed by atoms with E-state index in [1.807, 2.05) is 30.3 Å². The van der Waals surface area contributed by atoms with E-state index in [-0.39, 0.29) is 11.8 Å². The lowest BCUT2D eigenvalue weighted by Gasteiger charge is -2.26. The van der Waals surface area contributed by atoms with Gasteiger partial charge in [-0.25, -0.2) is 0 Å². The molecule has 1 aliphatic rings. The van der Waals surface area contributed by atoms with Crippen LogP contribution in [0.4, 0.5) is 0 Å². The van der Waals surface area contributed by atoms with Crippen LogP contribution < -0.4 is 5.32 Å². The van der Waals surface area contributed by atoms with Crippen molar-refractivity contribution in [2.75, 3.05) is 6.54 Å². The Balaban J connectivity index is 1.48. The summed E-state index contributed by atoms with van der Waals surface area (Å²) in [5, 5.41) is 9.99. The first-order valence-electron chi connectivity index (χ1n) is 8.42. The van der Waals surface area contributed by atoms with Gasteiger partial charge in [-0.1, -0.05) is 30.3 Å². The monoisotopic (exact) mass is 350 g/mol. The Hall–Kier alpha value is -3.35. The van der Waals surface area contributed by atoms with Crippen LogP contribution in [0.1, 0.15) is 37.7 Å². The highest BCUT2D eigenvalue weighted by molar-refractivity contribution is 5.96. The normalized spacial score (nSPS) is 13.3. The van der Waals surface area contributed by atoms with Crippen molar-refractivity contribution in [1.82, 2.24) is 20.4 Å². The number of aromatic amines is 1. The Kier molecular flexibility index (Phi) is 4.27. The number of carbonyl (C=O) groups excluding carboxylic acids is 2. The zero-order valence-electron chi connectivity index (χ0n) is 14.1. The Morgan fingerprint density at radius 2 is 2.08 bits per heavy atom. The van der Waals surface area contributed by atoms with Gasteiger partial charge in [-0.3, -0.25) is 14.7 Å². The molecule has 3 aromatic rings. The first-order valence-corrected chi connectivity index (χ1v) is 8.42. The average Bonchev–Trinajstić information content (AvgIpc) is 3.35. The van der Waals surface area contributed by atoms with Crippen LogP contribution >= 0.6 is 0 Å². The van der Waals surface area contributed by atoms with Gasteiger partial charge in [0.25, 0.3) is 11.8 Å². The minimum atomic E-state index is -0.246.